The van der Waals surface area contributed by atoms with E-state index in [4.69, 9.17) is 9.84 Å². The lowest BCUT2D eigenvalue weighted by Gasteiger charge is -2.40. The molecule has 7 heteroatoms. The number of ether oxygens (including phenoxy) is 1. The Kier molecular flexibility index (Phi) is 6.26. The molecule has 0 saturated heterocycles. The van der Waals surface area contributed by atoms with Crippen LogP contribution in [0.25, 0.3) is 11.1 Å². The van der Waals surface area contributed by atoms with Crippen molar-refractivity contribution in [3.63, 3.8) is 0 Å². The van der Waals surface area contributed by atoms with Gasteiger partial charge in [0.15, 0.2) is 0 Å². The number of hydrogen-bond acceptors (Lipinski definition) is 4. The molecule has 7 nitrogen and oxygen atoms in total. The molecule has 3 N–H and O–H groups in total. The van der Waals surface area contributed by atoms with E-state index < -0.39 is 17.6 Å². The van der Waals surface area contributed by atoms with Gasteiger partial charge in [0, 0.05) is 12.5 Å². The van der Waals surface area contributed by atoms with Crippen LogP contribution in [-0.4, -0.2) is 41.8 Å². The molecular formula is C28H32N2O5. The van der Waals surface area contributed by atoms with Crippen molar-refractivity contribution in [1.29, 1.82) is 0 Å². The lowest BCUT2D eigenvalue weighted by atomic mass is 9.73. The molecule has 3 aliphatic carbocycles. The smallest absolute Gasteiger partial charge is 0.407 e. The van der Waals surface area contributed by atoms with E-state index in [2.05, 4.69) is 34.9 Å². The van der Waals surface area contributed by atoms with E-state index >= 15 is 0 Å². The first-order valence-electron chi connectivity index (χ1n) is 12.5. The van der Waals surface area contributed by atoms with Gasteiger partial charge in [-0.2, -0.15) is 0 Å². The summed E-state index contributed by atoms with van der Waals surface area (Å²) in [5.74, 6) is -1.68. The van der Waals surface area contributed by atoms with Crippen LogP contribution >= 0.6 is 0 Å². The molecule has 2 aromatic carbocycles. The summed E-state index contributed by atoms with van der Waals surface area (Å²) in [5.41, 5.74) is 3.95. The summed E-state index contributed by atoms with van der Waals surface area (Å²) in [6.07, 6.45) is 3.31. The molecule has 2 unspecified atom stereocenters. The number of carboxylic acids is 1. The number of hydrogen-bond donors (Lipinski definition) is 3. The van der Waals surface area contributed by atoms with Crippen molar-refractivity contribution >= 4 is 18.0 Å². The molecule has 0 bridgehead atoms. The predicted octanol–water partition coefficient (Wildman–Crippen LogP) is 4.31. The van der Waals surface area contributed by atoms with Crippen LogP contribution in [0.15, 0.2) is 48.5 Å². The van der Waals surface area contributed by atoms with Crippen molar-refractivity contribution in [2.24, 2.45) is 17.8 Å². The van der Waals surface area contributed by atoms with E-state index in [9.17, 15) is 14.4 Å². The first kappa shape index (κ1) is 23.4. The van der Waals surface area contributed by atoms with Crippen molar-refractivity contribution in [3.05, 3.63) is 59.7 Å². The molecule has 2 aromatic rings. The Morgan fingerprint density at radius 3 is 2.31 bits per heavy atom. The lowest BCUT2D eigenvalue weighted by Crippen LogP contribution is -2.57. The highest BCUT2D eigenvalue weighted by atomic mass is 16.5. The number of rotatable bonds is 7. The molecule has 4 atom stereocenters. The normalized spacial score (nSPS) is 26.8. The van der Waals surface area contributed by atoms with Gasteiger partial charge in [-0.25, -0.2) is 4.79 Å². The average Bonchev–Trinajstić information content (AvgIpc) is 3.57. The number of carbonyl (C=O) groups is 3. The topological polar surface area (TPSA) is 105 Å². The molecule has 0 radical (unpaired) electrons. The van der Waals surface area contributed by atoms with Crippen LogP contribution in [0.2, 0.25) is 0 Å². The van der Waals surface area contributed by atoms with Crippen LogP contribution in [0, 0.1) is 17.8 Å². The minimum Gasteiger partial charge on any atom is -0.481 e. The molecule has 3 aliphatic rings. The molecule has 0 aliphatic heterocycles. The third kappa shape index (κ3) is 4.64. The maximum Gasteiger partial charge on any atom is 0.407 e. The van der Waals surface area contributed by atoms with Gasteiger partial charge in [-0.15, -0.1) is 0 Å². The molecule has 0 heterocycles. The van der Waals surface area contributed by atoms with Crippen LogP contribution in [0.3, 0.4) is 0 Å². The van der Waals surface area contributed by atoms with Gasteiger partial charge < -0.3 is 20.5 Å². The first-order chi connectivity index (χ1) is 16.9. The van der Waals surface area contributed by atoms with Gasteiger partial charge in [0.1, 0.15) is 6.61 Å². The standard InChI is InChI=1S/C28H32N2O5/c1-28(13-7-6-12-24(28)25(31)29-15-17-14-22(17)26(32)33)30-27(34)35-16-23-20-10-4-2-8-18(20)19-9-3-5-11-21(19)23/h2-5,8-11,17,22-24H,6-7,12-16H2,1H3,(H,29,31)(H,30,34)(H,32,33)/t17-,22-,24?,28?/m0/s1. The number of carbonyl (C=O) groups excluding carboxylic acids is 2. The maximum atomic E-state index is 13.0. The van der Waals surface area contributed by atoms with Gasteiger partial charge in [-0.3, -0.25) is 9.59 Å². The van der Waals surface area contributed by atoms with Crippen molar-refractivity contribution in [3.8, 4) is 11.1 Å². The third-order valence-electron chi connectivity index (χ3n) is 8.03. The monoisotopic (exact) mass is 476 g/mol. The molecule has 0 aromatic heterocycles. The second-order valence-electron chi connectivity index (χ2n) is 10.4. The summed E-state index contributed by atoms with van der Waals surface area (Å²) in [6.45, 7) is 2.51. The Hall–Kier alpha value is -3.35. The summed E-state index contributed by atoms with van der Waals surface area (Å²) >= 11 is 0. The number of nitrogens with one attached hydrogen (secondary N) is 2. The van der Waals surface area contributed by atoms with Gasteiger partial charge in [0.05, 0.1) is 17.4 Å². The number of fused-ring (bicyclic) bond motifs is 3. The van der Waals surface area contributed by atoms with Crippen LogP contribution in [0.1, 0.15) is 56.1 Å². The Labute approximate surface area is 205 Å². The Balaban J connectivity index is 1.21. The summed E-state index contributed by atoms with van der Waals surface area (Å²) in [6, 6.07) is 16.4. The van der Waals surface area contributed by atoms with Crippen molar-refractivity contribution in [2.75, 3.05) is 13.2 Å². The largest absolute Gasteiger partial charge is 0.481 e. The molecule has 2 amide bonds. The highest BCUT2D eigenvalue weighted by Gasteiger charge is 2.45. The first-order valence-corrected chi connectivity index (χ1v) is 12.5. The zero-order chi connectivity index (χ0) is 24.6. The minimum atomic E-state index is -0.802. The molecule has 5 rings (SSSR count). The van der Waals surface area contributed by atoms with E-state index in [1.165, 1.54) is 11.1 Å². The second kappa shape index (κ2) is 9.36. The fourth-order valence-electron chi connectivity index (χ4n) is 5.90. The van der Waals surface area contributed by atoms with Gasteiger partial charge in [0.25, 0.3) is 0 Å². The molecule has 2 saturated carbocycles. The lowest BCUT2D eigenvalue weighted by molar-refractivity contribution is -0.139. The van der Waals surface area contributed by atoms with Crippen LogP contribution < -0.4 is 10.6 Å². The average molecular weight is 477 g/mol. The van der Waals surface area contributed by atoms with Gasteiger partial charge >= 0.3 is 12.1 Å². The van der Waals surface area contributed by atoms with E-state index in [1.54, 1.807) is 0 Å². The quantitative estimate of drug-likeness (QED) is 0.552. The van der Waals surface area contributed by atoms with Crippen LogP contribution in [0.5, 0.6) is 0 Å². The van der Waals surface area contributed by atoms with Crippen molar-refractivity contribution < 1.29 is 24.2 Å². The van der Waals surface area contributed by atoms with Crippen LogP contribution in [-0.2, 0) is 14.3 Å². The number of benzene rings is 2. The van der Waals surface area contributed by atoms with E-state index in [0.717, 1.165) is 24.0 Å². The fourth-order valence-corrected chi connectivity index (χ4v) is 5.90. The predicted molar refractivity (Wildman–Crippen MR) is 131 cm³/mol. The number of amides is 2. The Morgan fingerprint density at radius 1 is 1.03 bits per heavy atom. The second-order valence-corrected chi connectivity index (χ2v) is 10.4. The fraction of sp³-hybridized carbons (Fsp3) is 0.464. The zero-order valence-corrected chi connectivity index (χ0v) is 20.0. The van der Waals surface area contributed by atoms with E-state index in [-0.39, 0.29) is 36.2 Å². The summed E-state index contributed by atoms with van der Waals surface area (Å²) < 4.78 is 5.74. The zero-order valence-electron chi connectivity index (χ0n) is 20.0. The van der Waals surface area contributed by atoms with Crippen molar-refractivity contribution in [1.82, 2.24) is 10.6 Å². The third-order valence-corrected chi connectivity index (χ3v) is 8.03. The molecule has 2 fully saturated rings. The van der Waals surface area contributed by atoms with Gasteiger partial charge in [0.2, 0.25) is 5.91 Å². The van der Waals surface area contributed by atoms with Crippen molar-refractivity contribution in [2.45, 2.75) is 50.5 Å². The Bertz CT molecular complexity index is 1100. The minimum absolute atomic E-state index is 0.00129. The van der Waals surface area contributed by atoms with Crippen LogP contribution in [0.4, 0.5) is 4.79 Å². The molecule has 35 heavy (non-hydrogen) atoms. The number of aliphatic carboxylic acids is 1. The molecular weight excluding hydrogens is 444 g/mol. The number of carboxylic acid groups (broad SMARTS) is 1. The highest BCUT2D eigenvalue weighted by Crippen LogP contribution is 2.44. The van der Waals surface area contributed by atoms with Gasteiger partial charge in [-0.05, 0) is 54.4 Å². The Morgan fingerprint density at radius 2 is 1.69 bits per heavy atom. The maximum absolute atomic E-state index is 13.0. The SMILES string of the molecule is CC1(NC(=O)OCC2c3ccccc3-c3ccccc32)CCCCC1C(=O)NC[C@@H]1C[C@@H]1C(=O)O. The summed E-state index contributed by atoms with van der Waals surface area (Å²) in [4.78, 5) is 37.0. The van der Waals surface area contributed by atoms with Gasteiger partial charge in [-0.1, -0.05) is 61.4 Å². The molecule has 0 spiro atoms. The molecule has 184 valence electrons. The summed E-state index contributed by atoms with van der Waals surface area (Å²) in [7, 11) is 0. The van der Waals surface area contributed by atoms with E-state index in [1.807, 2.05) is 31.2 Å². The summed E-state index contributed by atoms with van der Waals surface area (Å²) in [5, 5.41) is 15.0. The number of alkyl carbamates (subject to hydrolysis) is 1. The highest BCUT2D eigenvalue weighted by molar-refractivity contribution is 5.82. The van der Waals surface area contributed by atoms with E-state index in [0.29, 0.717) is 25.8 Å².